The molecule has 3 N–H and O–H groups in total. The summed E-state index contributed by atoms with van der Waals surface area (Å²) in [6, 6.07) is -0.408. The molecule has 2 heterocycles. The number of nitrogens with two attached hydrogens (primary N) is 1. The second-order valence-electron chi connectivity index (χ2n) is 4.68. The minimum Gasteiger partial charge on any atom is -0.369 e. The molecule has 2 unspecified atom stereocenters. The Morgan fingerprint density at radius 2 is 2.12 bits per heavy atom. The van der Waals surface area contributed by atoms with Crippen molar-refractivity contribution in [3.05, 3.63) is 0 Å². The van der Waals surface area contributed by atoms with E-state index in [0.717, 1.165) is 12.8 Å². The average Bonchev–Trinajstić information content (AvgIpc) is 2.75. The third kappa shape index (κ3) is 2.57. The molecule has 0 aromatic carbocycles. The number of likely N-dealkylation sites (tertiary alicyclic amines) is 1. The number of carbonyl (C=O) groups excluding carboxylic acids is 3. The van der Waals surface area contributed by atoms with Crippen molar-refractivity contribution < 1.29 is 14.4 Å². The molecule has 0 spiro atoms. The van der Waals surface area contributed by atoms with E-state index in [1.807, 2.05) is 0 Å². The van der Waals surface area contributed by atoms with Gasteiger partial charge in [0, 0.05) is 19.5 Å². The SMILES string of the molecule is NC(=O)C1CCCN(C(=O)C2CCC(=O)N2)C1. The van der Waals surface area contributed by atoms with Crippen LogP contribution in [-0.2, 0) is 14.4 Å². The summed E-state index contributed by atoms with van der Waals surface area (Å²) < 4.78 is 0. The lowest BCUT2D eigenvalue weighted by atomic mass is 9.97. The van der Waals surface area contributed by atoms with Gasteiger partial charge in [0.25, 0.3) is 0 Å². The molecule has 0 bridgehead atoms. The highest BCUT2D eigenvalue weighted by Crippen LogP contribution is 2.18. The maximum absolute atomic E-state index is 12.1. The molecule has 2 aliphatic heterocycles. The summed E-state index contributed by atoms with van der Waals surface area (Å²) in [5, 5.41) is 2.65. The zero-order valence-corrected chi connectivity index (χ0v) is 9.65. The summed E-state index contributed by atoms with van der Waals surface area (Å²) in [6.07, 6.45) is 2.50. The number of rotatable bonds is 2. The topological polar surface area (TPSA) is 92.5 Å². The summed E-state index contributed by atoms with van der Waals surface area (Å²) in [5.41, 5.74) is 5.26. The summed E-state index contributed by atoms with van der Waals surface area (Å²) >= 11 is 0. The van der Waals surface area contributed by atoms with Gasteiger partial charge in [0.15, 0.2) is 0 Å². The number of nitrogens with zero attached hydrogens (tertiary/aromatic N) is 1. The van der Waals surface area contributed by atoms with Gasteiger partial charge in [0.1, 0.15) is 6.04 Å². The number of carbonyl (C=O) groups is 3. The summed E-state index contributed by atoms with van der Waals surface area (Å²) in [4.78, 5) is 35.9. The van der Waals surface area contributed by atoms with Crippen molar-refractivity contribution >= 4 is 17.7 Å². The van der Waals surface area contributed by atoms with Crippen LogP contribution in [-0.4, -0.2) is 41.8 Å². The number of hydrogen-bond donors (Lipinski definition) is 2. The first-order chi connectivity index (χ1) is 8.08. The first-order valence-electron chi connectivity index (χ1n) is 5.95. The molecule has 2 atom stereocenters. The third-order valence-corrected chi connectivity index (χ3v) is 3.43. The van der Waals surface area contributed by atoms with E-state index in [4.69, 9.17) is 5.73 Å². The molecular formula is C11H17N3O3. The summed E-state index contributed by atoms with van der Waals surface area (Å²) in [7, 11) is 0. The van der Waals surface area contributed by atoms with Crippen LogP contribution >= 0.6 is 0 Å². The highest BCUT2D eigenvalue weighted by atomic mass is 16.2. The first kappa shape index (κ1) is 11.9. The number of primary amides is 1. The third-order valence-electron chi connectivity index (χ3n) is 3.43. The van der Waals surface area contributed by atoms with Crippen molar-refractivity contribution in [2.45, 2.75) is 31.7 Å². The molecule has 6 heteroatoms. The Labute approximate surface area is 99.5 Å². The van der Waals surface area contributed by atoms with E-state index < -0.39 is 6.04 Å². The van der Waals surface area contributed by atoms with Crippen molar-refractivity contribution in [3.63, 3.8) is 0 Å². The minimum atomic E-state index is -0.408. The second kappa shape index (κ2) is 4.73. The van der Waals surface area contributed by atoms with Crippen LogP contribution in [0.1, 0.15) is 25.7 Å². The molecular weight excluding hydrogens is 222 g/mol. The number of piperidine rings is 1. The molecule has 6 nitrogen and oxygen atoms in total. The van der Waals surface area contributed by atoms with Crippen LogP contribution in [0.5, 0.6) is 0 Å². The molecule has 2 aliphatic rings. The molecule has 2 fully saturated rings. The predicted molar refractivity (Wildman–Crippen MR) is 59.7 cm³/mol. The van der Waals surface area contributed by atoms with Crippen LogP contribution in [0.4, 0.5) is 0 Å². The normalized spacial score (nSPS) is 28.9. The van der Waals surface area contributed by atoms with E-state index in [9.17, 15) is 14.4 Å². The van der Waals surface area contributed by atoms with Crippen LogP contribution < -0.4 is 11.1 Å². The van der Waals surface area contributed by atoms with Crippen LogP contribution in [0, 0.1) is 5.92 Å². The van der Waals surface area contributed by atoms with Gasteiger partial charge in [0.05, 0.1) is 5.92 Å². The maximum Gasteiger partial charge on any atom is 0.245 e. The Bertz CT molecular complexity index is 356. The highest BCUT2D eigenvalue weighted by Gasteiger charge is 2.34. The molecule has 2 saturated heterocycles. The first-order valence-corrected chi connectivity index (χ1v) is 5.95. The second-order valence-corrected chi connectivity index (χ2v) is 4.68. The van der Waals surface area contributed by atoms with Crippen LogP contribution in [0.2, 0.25) is 0 Å². The maximum atomic E-state index is 12.1. The van der Waals surface area contributed by atoms with Gasteiger partial charge in [-0.1, -0.05) is 0 Å². The molecule has 0 radical (unpaired) electrons. The molecule has 2 rings (SSSR count). The van der Waals surface area contributed by atoms with E-state index in [0.29, 0.717) is 25.9 Å². The Kier molecular flexibility index (Phi) is 3.31. The molecule has 17 heavy (non-hydrogen) atoms. The van der Waals surface area contributed by atoms with Gasteiger partial charge >= 0.3 is 0 Å². The van der Waals surface area contributed by atoms with Crippen molar-refractivity contribution in [1.82, 2.24) is 10.2 Å². The molecule has 0 saturated carbocycles. The largest absolute Gasteiger partial charge is 0.369 e. The van der Waals surface area contributed by atoms with Gasteiger partial charge in [-0.05, 0) is 19.3 Å². The Morgan fingerprint density at radius 1 is 1.35 bits per heavy atom. The van der Waals surface area contributed by atoms with Gasteiger partial charge in [-0.15, -0.1) is 0 Å². The molecule has 94 valence electrons. The van der Waals surface area contributed by atoms with Crippen molar-refractivity contribution in [1.29, 1.82) is 0 Å². The molecule has 0 aliphatic carbocycles. The van der Waals surface area contributed by atoms with Crippen LogP contribution in [0.15, 0.2) is 0 Å². The molecule has 0 aromatic rings. The standard InChI is InChI=1S/C11H17N3O3/c12-10(16)7-2-1-5-14(6-7)11(17)8-3-4-9(15)13-8/h7-8H,1-6H2,(H2,12,16)(H,13,15). The predicted octanol–water partition coefficient (Wildman–Crippen LogP) is -1.01. The fourth-order valence-corrected chi connectivity index (χ4v) is 2.43. The fraction of sp³-hybridized carbons (Fsp3) is 0.727. The average molecular weight is 239 g/mol. The number of nitrogens with one attached hydrogen (secondary N) is 1. The van der Waals surface area contributed by atoms with Gasteiger partial charge in [-0.25, -0.2) is 0 Å². The Hall–Kier alpha value is -1.59. The lowest BCUT2D eigenvalue weighted by molar-refractivity contribution is -0.137. The van der Waals surface area contributed by atoms with Crippen molar-refractivity contribution in [2.75, 3.05) is 13.1 Å². The highest BCUT2D eigenvalue weighted by molar-refractivity contribution is 5.91. The Balaban J connectivity index is 1.95. The van der Waals surface area contributed by atoms with Crippen LogP contribution in [0.25, 0.3) is 0 Å². The van der Waals surface area contributed by atoms with E-state index in [-0.39, 0.29) is 23.6 Å². The zero-order valence-electron chi connectivity index (χ0n) is 9.65. The Morgan fingerprint density at radius 3 is 2.71 bits per heavy atom. The van der Waals surface area contributed by atoms with E-state index in [1.165, 1.54) is 0 Å². The number of amides is 3. The van der Waals surface area contributed by atoms with Gasteiger partial charge < -0.3 is 16.0 Å². The van der Waals surface area contributed by atoms with E-state index in [1.54, 1.807) is 4.90 Å². The van der Waals surface area contributed by atoms with Crippen LogP contribution in [0.3, 0.4) is 0 Å². The quantitative estimate of drug-likeness (QED) is 0.646. The van der Waals surface area contributed by atoms with E-state index >= 15 is 0 Å². The number of hydrogen-bond acceptors (Lipinski definition) is 3. The molecule has 3 amide bonds. The van der Waals surface area contributed by atoms with Gasteiger partial charge in [-0.3, -0.25) is 14.4 Å². The van der Waals surface area contributed by atoms with E-state index in [2.05, 4.69) is 5.32 Å². The van der Waals surface area contributed by atoms with Crippen molar-refractivity contribution in [3.8, 4) is 0 Å². The lowest BCUT2D eigenvalue weighted by Crippen LogP contribution is -2.50. The van der Waals surface area contributed by atoms with Gasteiger partial charge in [-0.2, -0.15) is 0 Å². The molecule has 0 aromatic heterocycles. The zero-order chi connectivity index (χ0) is 12.4. The smallest absolute Gasteiger partial charge is 0.245 e. The van der Waals surface area contributed by atoms with Gasteiger partial charge in [0.2, 0.25) is 17.7 Å². The minimum absolute atomic E-state index is 0.0770. The van der Waals surface area contributed by atoms with Crippen molar-refractivity contribution in [2.24, 2.45) is 11.7 Å². The monoisotopic (exact) mass is 239 g/mol. The summed E-state index contributed by atoms with van der Waals surface area (Å²) in [6.45, 7) is 1.04. The fourth-order valence-electron chi connectivity index (χ4n) is 2.43. The summed E-state index contributed by atoms with van der Waals surface area (Å²) in [5.74, 6) is -0.753. The lowest BCUT2D eigenvalue weighted by Gasteiger charge is -2.32.